The van der Waals surface area contributed by atoms with Gasteiger partial charge < -0.3 is 10.2 Å². The Labute approximate surface area is 180 Å². The molecule has 6 nitrogen and oxygen atoms in total. The van der Waals surface area contributed by atoms with Crippen molar-refractivity contribution >= 4 is 12.1 Å². The summed E-state index contributed by atoms with van der Waals surface area (Å²) in [5.74, 6) is 0.728. The summed E-state index contributed by atoms with van der Waals surface area (Å²) in [4.78, 5) is 25.8. The van der Waals surface area contributed by atoms with Crippen LogP contribution < -0.4 is 5.32 Å². The molecule has 30 heavy (non-hydrogen) atoms. The van der Waals surface area contributed by atoms with Gasteiger partial charge in [0.25, 0.3) is 0 Å². The van der Waals surface area contributed by atoms with Crippen molar-refractivity contribution in [1.29, 1.82) is 0 Å². The van der Waals surface area contributed by atoms with E-state index in [1.807, 2.05) is 25.3 Å². The van der Waals surface area contributed by atoms with E-state index >= 15 is 0 Å². The molecule has 1 aromatic heterocycles. The first-order valence-corrected chi connectivity index (χ1v) is 10.8. The zero-order valence-electron chi connectivity index (χ0n) is 18.6. The van der Waals surface area contributed by atoms with E-state index in [-0.39, 0.29) is 0 Å². The van der Waals surface area contributed by atoms with Crippen molar-refractivity contribution in [1.82, 2.24) is 20.1 Å². The molecule has 0 spiro atoms. The van der Waals surface area contributed by atoms with E-state index in [1.54, 1.807) is 6.20 Å². The van der Waals surface area contributed by atoms with Crippen LogP contribution >= 0.6 is 0 Å². The third kappa shape index (κ3) is 4.87. The van der Waals surface area contributed by atoms with Crippen molar-refractivity contribution in [3.63, 3.8) is 0 Å². The lowest BCUT2D eigenvalue weighted by Crippen LogP contribution is -2.48. The number of hydrogen-bond donors (Lipinski definition) is 1. The molecular weight excluding hydrogens is 374 g/mol. The van der Waals surface area contributed by atoms with E-state index in [9.17, 15) is 4.79 Å². The Kier molecular flexibility index (Phi) is 7.21. The molecule has 0 aliphatic carbocycles. The molecule has 0 saturated carbocycles. The molecular formula is C24H33N5O. The summed E-state index contributed by atoms with van der Waals surface area (Å²) < 4.78 is 0. The number of pyridine rings is 1. The van der Waals surface area contributed by atoms with Crippen molar-refractivity contribution in [2.45, 2.75) is 46.6 Å². The van der Waals surface area contributed by atoms with Crippen molar-refractivity contribution in [3.05, 3.63) is 64.9 Å². The highest BCUT2D eigenvalue weighted by molar-refractivity contribution is 6.12. The van der Waals surface area contributed by atoms with E-state index in [4.69, 9.17) is 4.99 Å². The number of aldehydes is 1. The summed E-state index contributed by atoms with van der Waals surface area (Å²) in [6, 6.07) is 4.50. The number of nitrogens with one attached hydrogen (secondary N) is 1. The smallest absolute Gasteiger partial charge is 0.152 e. The maximum atomic E-state index is 12.0. The minimum atomic E-state index is 0.554. The molecule has 0 radical (unpaired) electrons. The van der Waals surface area contributed by atoms with Crippen molar-refractivity contribution < 1.29 is 4.79 Å². The Morgan fingerprint density at radius 3 is 2.60 bits per heavy atom. The number of nitrogens with zero attached hydrogens (tertiary/aromatic N) is 4. The third-order valence-corrected chi connectivity index (χ3v) is 5.83. The van der Waals surface area contributed by atoms with Crippen LogP contribution in [-0.4, -0.2) is 59.1 Å². The number of aliphatic imine (C=N–C) groups is 1. The van der Waals surface area contributed by atoms with Gasteiger partial charge >= 0.3 is 0 Å². The van der Waals surface area contributed by atoms with E-state index in [0.29, 0.717) is 24.5 Å². The zero-order chi connectivity index (χ0) is 21.7. The molecule has 3 heterocycles. The second kappa shape index (κ2) is 9.85. The van der Waals surface area contributed by atoms with E-state index in [0.717, 1.165) is 66.5 Å². The maximum Gasteiger partial charge on any atom is 0.152 e. The van der Waals surface area contributed by atoms with Crippen LogP contribution in [0.25, 0.3) is 0 Å². The van der Waals surface area contributed by atoms with Gasteiger partial charge in [-0.25, -0.2) is 4.99 Å². The fourth-order valence-electron chi connectivity index (χ4n) is 4.07. The topological polar surface area (TPSA) is 60.8 Å². The van der Waals surface area contributed by atoms with Crippen LogP contribution in [0.4, 0.5) is 0 Å². The van der Waals surface area contributed by atoms with E-state index in [1.165, 1.54) is 0 Å². The summed E-state index contributed by atoms with van der Waals surface area (Å²) in [5, 5.41) is 3.39. The Morgan fingerprint density at radius 2 is 2.03 bits per heavy atom. The summed E-state index contributed by atoms with van der Waals surface area (Å²) in [5.41, 5.74) is 5.45. The van der Waals surface area contributed by atoms with Crippen LogP contribution in [-0.2, 0) is 11.2 Å². The van der Waals surface area contributed by atoms with Crippen LogP contribution in [0.2, 0.25) is 0 Å². The summed E-state index contributed by atoms with van der Waals surface area (Å²) in [6.45, 7) is 16.7. The Balaban J connectivity index is 1.82. The SMILES string of the molecule is C=C(Cc1cccnc1)NC1=NC(CC)=C(C=O)/C1=C(/C)N1CCN(C(C)C)CC1. The van der Waals surface area contributed by atoms with Gasteiger partial charge in [0.2, 0.25) is 0 Å². The van der Waals surface area contributed by atoms with Crippen LogP contribution in [0.15, 0.2) is 64.3 Å². The highest BCUT2D eigenvalue weighted by Crippen LogP contribution is 2.30. The Morgan fingerprint density at radius 1 is 1.30 bits per heavy atom. The normalized spacial score (nSPS) is 19.2. The molecule has 2 aliphatic heterocycles. The Bertz CT molecular complexity index is 874. The largest absolute Gasteiger partial charge is 0.372 e. The number of hydrogen-bond acceptors (Lipinski definition) is 6. The van der Waals surface area contributed by atoms with Gasteiger partial charge in [-0.15, -0.1) is 0 Å². The lowest BCUT2D eigenvalue weighted by atomic mass is 10.0. The minimum Gasteiger partial charge on any atom is -0.372 e. The molecule has 0 bridgehead atoms. The van der Waals surface area contributed by atoms with Gasteiger partial charge in [0.05, 0.1) is 5.70 Å². The number of piperazine rings is 1. The first-order valence-electron chi connectivity index (χ1n) is 10.8. The molecule has 0 amide bonds. The third-order valence-electron chi connectivity index (χ3n) is 5.83. The van der Waals surface area contributed by atoms with Crippen LogP contribution in [0, 0.1) is 0 Å². The van der Waals surface area contributed by atoms with Crippen molar-refractivity contribution in [3.8, 4) is 0 Å². The standard InChI is InChI=1S/C24H33N5O/c1-6-22-21(16-30)23(19(5)29-12-10-28(11-13-29)17(2)3)24(27-22)26-18(4)14-20-8-7-9-25-15-20/h7-9,15-17H,4,6,10-14H2,1-3,5H3,(H,26,27)/b23-19+. The lowest BCUT2D eigenvalue weighted by Gasteiger charge is -2.39. The van der Waals surface area contributed by atoms with Gasteiger partial charge in [0.1, 0.15) is 5.84 Å². The predicted octanol–water partition coefficient (Wildman–Crippen LogP) is 3.30. The first-order chi connectivity index (χ1) is 14.4. The number of aromatic nitrogens is 1. The minimum absolute atomic E-state index is 0.554. The second-order valence-electron chi connectivity index (χ2n) is 8.14. The monoisotopic (exact) mass is 407 g/mol. The summed E-state index contributed by atoms with van der Waals surface area (Å²) in [7, 11) is 0. The van der Waals surface area contributed by atoms with Gasteiger partial charge in [-0.3, -0.25) is 14.7 Å². The summed E-state index contributed by atoms with van der Waals surface area (Å²) in [6.07, 6.45) is 5.92. The molecule has 6 heteroatoms. The van der Waals surface area contributed by atoms with Gasteiger partial charge in [-0.05, 0) is 38.8 Å². The highest BCUT2D eigenvalue weighted by atomic mass is 16.1. The molecule has 0 unspecified atom stereocenters. The molecule has 0 atom stereocenters. The van der Waals surface area contributed by atoms with Gasteiger partial charge in [-0.2, -0.15) is 0 Å². The average molecular weight is 408 g/mol. The van der Waals surface area contributed by atoms with E-state index in [2.05, 4.69) is 47.5 Å². The number of allylic oxidation sites excluding steroid dienone is 3. The number of amidine groups is 1. The fourth-order valence-corrected chi connectivity index (χ4v) is 4.07. The molecule has 1 N–H and O–H groups in total. The summed E-state index contributed by atoms with van der Waals surface area (Å²) >= 11 is 0. The molecule has 1 aromatic rings. The number of carbonyl (C=O) groups is 1. The number of carbonyl (C=O) groups excluding carboxylic acids is 1. The van der Waals surface area contributed by atoms with Gasteiger partial charge in [-0.1, -0.05) is 19.6 Å². The second-order valence-corrected chi connectivity index (χ2v) is 8.14. The van der Waals surface area contributed by atoms with E-state index < -0.39 is 0 Å². The van der Waals surface area contributed by atoms with Crippen molar-refractivity contribution in [2.75, 3.05) is 26.2 Å². The quantitative estimate of drug-likeness (QED) is 0.703. The van der Waals surface area contributed by atoms with Crippen molar-refractivity contribution in [2.24, 2.45) is 4.99 Å². The van der Waals surface area contributed by atoms with Crippen LogP contribution in [0.5, 0.6) is 0 Å². The molecule has 1 fully saturated rings. The zero-order valence-corrected chi connectivity index (χ0v) is 18.6. The number of rotatable bonds is 7. The van der Waals surface area contributed by atoms with Crippen LogP contribution in [0.3, 0.4) is 0 Å². The molecule has 1 saturated heterocycles. The fraction of sp³-hybridized carbons (Fsp3) is 0.458. The molecule has 3 rings (SSSR count). The average Bonchev–Trinajstić information content (AvgIpc) is 3.10. The molecule has 2 aliphatic rings. The Hall–Kier alpha value is -2.73. The first kappa shape index (κ1) is 22.0. The highest BCUT2D eigenvalue weighted by Gasteiger charge is 2.29. The van der Waals surface area contributed by atoms with Crippen LogP contribution in [0.1, 0.15) is 39.7 Å². The predicted molar refractivity (Wildman–Crippen MR) is 122 cm³/mol. The van der Waals surface area contributed by atoms with Gasteiger partial charge in [0.15, 0.2) is 6.29 Å². The maximum absolute atomic E-state index is 12.0. The molecule has 0 aromatic carbocycles. The van der Waals surface area contributed by atoms with Gasteiger partial charge in [0, 0.05) is 73.6 Å². The molecule has 160 valence electrons. The lowest BCUT2D eigenvalue weighted by molar-refractivity contribution is -0.104.